The van der Waals surface area contributed by atoms with E-state index in [1.807, 2.05) is 6.07 Å². The van der Waals surface area contributed by atoms with E-state index < -0.39 is 0 Å². The topological polar surface area (TPSA) is 67.4 Å². The van der Waals surface area contributed by atoms with Gasteiger partial charge in [0.2, 0.25) is 5.91 Å². The number of halogens is 1. The predicted molar refractivity (Wildman–Crippen MR) is 94.8 cm³/mol. The summed E-state index contributed by atoms with van der Waals surface area (Å²) < 4.78 is 5.32. The first-order valence-corrected chi connectivity index (χ1v) is 7.86. The predicted octanol–water partition coefficient (Wildman–Crippen LogP) is 3.28. The highest BCUT2D eigenvalue weighted by molar-refractivity contribution is 6.33. The van der Waals surface area contributed by atoms with Gasteiger partial charge in [-0.1, -0.05) is 23.7 Å². The molecule has 0 aromatic heterocycles. The fourth-order valence-electron chi connectivity index (χ4n) is 2.31. The molecule has 5 nitrogen and oxygen atoms in total. The second kappa shape index (κ2) is 8.36. The van der Waals surface area contributed by atoms with Crippen molar-refractivity contribution in [1.29, 1.82) is 0 Å². The van der Waals surface area contributed by atoms with E-state index in [1.165, 1.54) is 6.92 Å². The van der Waals surface area contributed by atoms with Gasteiger partial charge in [-0.15, -0.1) is 0 Å². The van der Waals surface area contributed by atoms with Crippen LogP contribution in [0.5, 0.6) is 5.75 Å². The fourth-order valence-corrected chi connectivity index (χ4v) is 2.53. The van der Waals surface area contributed by atoms with E-state index in [1.54, 1.807) is 43.5 Å². The van der Waals surface area contributed by atoms with E-state index >= 15 is 0 Å². The van der Waals surface area contributed by atoms with Crippen LogP contribution >= 0.6 is 11.6 Å². The summed E-state index contributed by atoms with van der Waals surface area (Å²) in [4.78, 5) is 23.3. The van der Waals surface area contributed by atoms with E-state index in [-0.39, 0.29) is 11.8 Å². The number of ether oxygens (including phenoxy) is 1. The zero-order valence-electron chi connectivity index (χ0n) is 13.6. The summed E-state index contributed by atoms with van der Waals surface area (Å²) in [5.41, 5.74) is 2.03. The second-order valence-corrected chi connectivity index (χ2v) is 5.60. The molecule has 2 rings (SSSR count). The number of rotatable bonds is 6. The Morgan fingerprint density at radius 2 is 1.92 bits per heavy atom. The SMILES string of the molecule is COc1ccc(NC(C)=O)cc1CCNC(=O)c1ccccc1Cl. The van der Waals surface area contributed by atoms with Gasteiger partial charge in [-0.05, 0) is 42.3 Å². The van der Waals surface area contributed by atoms with Gasteiger partial charge in [-0.2, -0.15) is 0 Å². The molecule has 0 saturated heterocycles. The van der Waals surface area contributed by atoms with E-state index in [9.17, 15) is 9.59 Å². The van der Waals surface area contributed by atoms with Crippen LogP contribution in [0.3, 0.4) is 0 Å². The molecule has 0 fully saturated rings. The third-order valence-corrected chi connectivity index (χ3v) is 3.73. The van der Waals surface area contributed by atoms with E-state index in [0.29, 0.717) is 35.0 Å². The maximum Gasteiger partial charge on any atom is 0.252 e. The van der Waals surface area contributed by atoms with Crippen LogP contribution in [0.1, 0.15) is 22.8 Å². The van der Waals surface area contributed by atoms with Crippen molar-refractivity contribution < 1.29 is 14.3 Å². The molecule has 0 unspecified atom stereocenters. The van der Waals surface area contributed by atoms with Crippen molar-refractivity contribution in [3.63, 3.8) is 0 Å². The minimum Gasteiger partial charge on any atom is -0.496 e. The number of carbonyl (C=O) groups excluding carboxylic acids is 2. The first kappa shape index (κ1) is 17.8. The molecule has 0 heterocycles. The molecule has 126 valence electrons. The quantitative estimate of drug-likeness (QED) is 0.843. The van der Waals surface area contributed by atoms with Crippen LogP contribution in [0.15, 0.2) is 42.5 Å². The molecule has 2 aromatic rings. The molecule has 0 aliphatic carbocycles. The Labute approximate surface area is 146 Å². The van der Waals surface area contributed by atoms with Gasteiger partial charge in [0.15, 0.2) is 0 Å². The van der Waals surface area contributed by atoms with Crippen LogP contribution in [-0.2, 0) is 11.2 Å². The largest absolute Gasteiger partial charge is 0.496 e. The van der Waals surface area contributed by atoms with Gasteiger partial charge in [0.1, 0.15) is 5.75 Å². The highest BCUT2D eigenvalue weighted by atomic mass is 35.5. The van der Waals surface area contributed by atoms with Crippen LogP contribution in [0.25, 0.3) is 0 Å². The van der Waals surface area contributed by atoms with E-state index in [4.69, 9.17) is 16.3 Å². The third kappa shape index (κ3) is 4.73. The molecule has 0 spiro atoms. The van der Waals surface area contributed by atoms with Crippen molar-refractivity contribution in [1.82, 2.24) is 5.32 Å². The summed E-state index contributed by atoms with van der Waals surface area (Å²) in [5.74, 6) is 0.340. The number of anilines is 1. The van der Waals surface area contributed by atoms with Crippen molar-refractivity contribution in [3.05, 3.63) is 58.6 Å². The van der Waals surface area contributed by atoms with Crippen molar-refractivity contribution in [2.24, 2.45) is 0 Å². The number of hydrogen-bond donors (Lipinski definition) is 2. The molecule has 0 atom stereocenters. The maximum atomic E-state index is 12.1. The summed E-state index contributed by atoms with van der Waals surface area (Å²) in [6, 6.07) is 12.3. The Morgan fingerprint density at radius 3 is 2.58 bits per heavy atom. The lowest BCUT2D eigenvalue weighted by Gasteiger charge is -2.12. The molecule has 0 radical (unpaired) electrons. The van der Waals surface area contributed by atoms with Gasteiger partial charge in [-0.3, -0.25) is 9.59 Å². The Balaban J connectivity index is 2.01. The van der Waals surface area contributed by atoms with E-state index in [0.717, 1.165) is 5.56 Å². The van der Waals surface area contributed by atoms with Crippen molar-refractivity contribution in [2.45, 2.75) is 13.3 Å². The van der Waals surface area contributed by atoms with Gasteiger partial charge >= 0.3 is 0 Å². The molecular formula is C18H19ClN2O3. The minimum atomic E-state index is -0.224. The van der Waals surface area contributed by atoms with Crippen molar-refractivity contribution in [3.8, 4) is 5.75 Å². The number of carbonyl (C=O) groups is 2. The molecule has 6 heteroatoms. The Kier molecular flexibility index (Phi) is 6.21. The standard InChI is InChI=1S/C18H19ClN2O3/c1-12(22)21-14-7-8-17(24-2)13(11-14)9-10-20-18(23)15-5-3-4-6-16(15)19/h3-8,11H,9-10H2,1-2H3,(H,20,23)(H,21,22). The van der Waals surface area contributed by atoms with Crippen molar-refractivity contribution in [2.75, 3.05) is 19.0 Å². The molecule has 0 aliphatic rings. The fraction of sp³-hybridized carbons (Fsp3) is 0.222. The van der Waals surface area contributed by atoms with Gasteiger partial charge in [0.05, 0.1) is 17.7 Å². The second-order valence-electron chi connectivity index (χ2n) is 5.19. The molecule has 0 saturated carbocycles. The van der Waals surface area contributed by atoms with Gasteiger partial charge in [-0.25, -0.2) is 0 Å². The molecule has 2 amide bonds. The zero-order valence-corrected chi connectivity index (χ0v) is 14.3. The van der Waals surface area contributed by atoms with Crippen LogP contribution in [0.2, 0.25) is 5.02 Å². The van der Waals surface area contributed by atoms with Gasteiger partial charge in [0, 0.05) is 19.2 Å². The molecule has 2 aromatic carbocycles. The monoisotopic (exact) mass is 346 g/mol. The normalized spacial score (nSPS) is 10.1. The number of amides is 2. The van der Waals surface area contributed by atoms with Crippen molar-refractivity contribution >= 4 is 29.1 Å². The lowest BCUT2D eigenvalue weighted by molar-refractivity contribution is -0.114. The molecule has 0 aliphatic heterocycles. The average molecular weight is 347 g/mol. The number of benzene rings is 2. The third-order valence-electron chi connectivity index (χ3n) is 3.40. The zero-order chi connectivity index (χ0) is 17.5. The number of methoxy groups -OCH3 is 1. The first-order chi connectivity index (χ1) is 11.5. The Bertz CT molecular complexity index is 747. The molecule has 2 N–H and O–H groups in total. The summed E-state index contributed by atoms with van der Waals surface area (Å²) in [5, 5.41) is 5.98. The average Bonchev–Trinajstić information content (AvgIpc) is 2.55. The summed E-state index contributed by atoms with van der Waals surface area (Å²) in [6.45, 7) is 1.87. The molecular weight excluding hydrogens is 328 g/mol. The van der Waals surface area contributed by atoms with Gasteiger partial charge in [0.25, 0.3) is 5.91 Å². The Morgan fingerprint density at radius 1 is 1.17 bits per heavy atom. The van der Waals surface area contributed by atoms with Crippen LogP contribution in [0.4, 0.5) is 5.69 Å². The summed E-state index contributed by atoms with van der Waals surface area (Å²) >= 11 is 6.01. The lowest BCUT2D eigenvalue weighted by Crippen LogP contribution is -2.26. The van der Waals surface area contributed by atoms with Gasteiger partial charge < -0.3 is 15.4 Å². The highest BCUT2D eigenvalue weighted by Gasteiger charge is 2.10. The maximum absolute atomic E-state index is 12.1. The highest BCUT2D eigenvalue weighted by Crippen LogP contribution is 2.23. The lowest BCUT2D eigenvalue weighted by atomic mass is 10.1. The summed E-state index contributed by atoms with van der Waals surface area (Å²) in [6.07, 6.45) is 0.562. The van der Waals surface area contributed by atoms with Crippen LogP contribution in [0, 0.1) is 0 Å². The molecule has 0 bridgehead atoms. The Hall–Kier alpha value is -2.53. The minimum absolute atomic E-state index is 0.141. The van der Waals surface area contributed by atoms with E-state index in [2.05, 4.69) is 10.6 Å². The number of nitrogens with one attached hydrogen (secondary N) is 2. The number of hydrogen-bond acceptors (Lipinski definition) is 3. The summed E-state index contributed by atoms with van der Waals surface area (Å²) in [7, 11) is 1.58. The smallest absolute Gasteiger partial charge is 0.252 e. The van der Waals surface area contributed by atoms with Crippen LogP contribution in [-0.4, -0.2) is 25.5 Å². The molecule has 24 heavy (non-hydrogen) atoms. The first-order valence-electron chi connectivity index (χ1n) is 7.48. The van der Waals surface area contributed by atoms with Crippen LogP contribution < -0.4 is 15.4 Å².